The lowest BCUT2D eigenvalue weighted by atomic mass is 9.84. The van der Waals surface area contributed by atoms with Crippen LogP contribution in [-0.4, -0.2) is 23.8 Å². The molecular formula is C20H22N2O2. The van der Waals surface area contributed by atoms with Crippen LogP contribution >= 0.6 is 0 Å². The Kier molecular flexibility index (Phi) is 4.49. The SMILES string of the molecule is CCCCNC1(C)C(=O)c2ccccc2N(c2ccccc2)C1=O. The van der Waals surface area contributed by atoms with E-state index in [2.05, 4.69) is 12.2 Å². The van der Waals surface area contributed by atoms with Crippen molar-refractivity contribution < 1.29 is 9.59 Å². The van der Waals surface area contributed by atoms with E-state index >= 15 is 0 Å². The molecule has 24 heavy (non-hydrogen) atoms. The minimum atomic E-state index is -1.24. The number of Topliss-reactive ketones (excluding diaryl/α,β-unsaturated/α-hetero) is 1. The molecule has 3 rings (SSSR count). The molecule has 1 atom stereocenters. The third-order valence-electron chi connectivity index (χ3n) is 4.50. The van der Waals surface area contributed by atoms with E-state index in [0.717, 1.165) is 18.5 Å². The van der Waals surface area contributed by atoms with Crippen LogP contribution in [0.5, 0.6) is 0 Å². The van der Waals surface area contributed by atoms with Crippen molar-refractivity contribution in [2.75, 3.05) is 11.4 Å². The molecule has 0 bridgehead atoms. The number of carbonyl (C=O) groups is 2. The lowest BCUT2D eigenvalue weighted by Crippen LogP contribution is -2.63. The molecule has 1 aliphatic heterocycles. The van der Waals surface area contributed by atoms with Gasteiger partial charge in [0.25, 0.3) is 5.91 Å². The molecule has 1 aliphatic rings. The number of anilines is 2. The van der Waals surface area contributed by atoms with Crippen LogP contribution in [0.1, 0.15) is 37.0 Å². The first-order chi connectivity index (χ1) is 11.6. The van der Waals surface area contributed by atoms with Gasteiger partial charge in [0.2, 0.25) is 0 Å². The fourth-order valence-corrected chi connectivity index (χ4v) is 3.06. The van der Waals surface area contributed by atoms with E-state index in [1.165, 1.54) is 0 Å². The number of rotatable bonds is 5. The van der Waals surface area contributed by atoms with Gasteiger partial charge >= 0.3 is 0 Å². The van der Waals surface area contributed by atoms with E-state index in [1.807, 2.05) is 48.5 Å². The molecule has 4 nitrogen and oxygen atoms in total. The molecule has 0 aliphatic carbocycles. The average Bonchev–Trinajstić information content (AvgIpc) is 2.62. The summed E-state index contributed by atoms with van der Waals surface area (Å²) < 4.78 is 0. The fraction of sp³-hybridized carbons (Fsp3) is 0.300. The molecular weight excluding hydrogens is 300 g/mol. The largest absolute Gasteiger partial charge is 0.297 e. The van der Waals surface area contributed by atoms with Crippen molar-refractivity contribution in [3.63, 3.8) is 0 Å². The zero-order valence-corrected chi connectivity index (χ0v) is 14.1. The third kappa shape index (κ3) is 2.63. The zero-order chi connectivity index (χ0) is 17.2. The summed E-state index contributed by atoms with van der Waals surface area (Å²) in [4.78, 5) is 27.9. The monoisotopic (exact) mass is 322 g/mol. The quantitative estimate of drug-likeness (QED) is 0.674. The fourth-order valence-electron chi connectivity index (χ4n) is 3.06. The zero-order valence-electron chi connectivity index (χ0n) is 14.1. The van der Waals surface area contributed by atoms with Crippen molar-refractivity contribution in [1.82, 2.24) is 5.32 Å². The van der Waals surface area contributed by atoms with Crippen molar-refractivity contribution in [3.8, 4) is 0 Å². The Morgan fingerprint density at radius 2 is 1.67 bits per heavy atom. The highest BCUT2D eigenvalue weighted by Crippen LogP contribution is 2.37. The van der Waals surface area contributed by atoms with E-state index in [-0.39, 0.29) is 11.7 Å². The predicted molar refractivity (Wildman–Crippen MR) is 95.7 cm³/mol. The van der Waals surface area contributed by atoms with E-state index in [9.17, 15) is 9.59 Å². The maximum Gasteiger partial charge on any atom is 0.259 e. The highest BCUT2D eigenvalue weighted by atomic mass is 16.2. The van der Waals surface area contributed by atoms with Crippen molar-refractivity contribution in [1.29, 1.82) is 0 Å². The van der Waals surface area contributed by atoms with Gasteiger partial charge in [0.1, 0.15) is 0 Å². The maximum absolute atomic E-state index is 13.3. The van der Waals surface area contributed by atoms with Gasteiger partial charge in [-0.3, -0.25) is 19.8 Å². The van der Waals surface area contributed by atoms with Crippen LogP contribution < -0.4 is 10.2 Å². The second-order valence-electron chi connectivity index (χ2n) is 6.23. The molecule has 1 amide bonds. The molecule has 1 heterocycles. The number of unbranched alkanes of at least 4 members (excludes halogenated alkanes) is 1. The Labute approximate surface area is 142 Å². The van der Waals surface area contributed by atoms with Crippen LogP contribution in [0.25, 0.3) is 0 Å². The Hall–Kier alpha value is -2.46. The maximum atomic E-state index is 13.3. The number of fused-ring (bicyclic) bond motifs is 1. The number of hydrogen-bond donors (Lipinski definition) is 1. The van der Waals surface area contributed by atoms with Crippen LogP contribution in [0.4, 0.5) is 11.4 Å². The first-order valence-corrected chi connectivity index (χ1v) is 8.38. The lowest BCUT2D eigenvalue weighted by Gasteiger charge is -2.39. The van der Waals surface area contributed by atoms with E-state index < -0.39 is 5.54 Å². The summed E-state index contributed by atoms with van der Waals surface area (Å²) in [5.74, 6) is -0.389. The highest BCUT2D eigenvalue weighted by molar-refractivity contribution is 6.29. The second kappa shape index (κ2) is 6.57. The summed E-state index contributed by atoms with van der Waals surface area (Å²) in [7, 11) is 0. The van der Waals surface area contributed by atoms with Gasteiger partial charge in [0.15, 0.2) is 11.3 Å². The van der Waals surface area contributed by atoms with Gasteiger partial charge < -0.3 is 0 Å². The van der Waals surface area contributed by atoms with Gasteiger partial charge in [-0.05, 0) is 44.2 Å². The topological polar surface area (TPSA) is 49.4 Å². The highest BCUT2D eigenvalue weighted by Gasteiger charge is 2.49. The van der Waals surface area contributed by atoms with E-state index in [0.29, 0.717) is 17.8 Å². The number of para-hydroxylation sites is 2. The lowest BCUT2D eigenvalue weighted by molar-refractivity contribution is -0.122. The van der Waals surface area contributed by atoms with Crippen molar-refractivity contribution >= 4 is 23.1 Å². The smallest absolute Gasteiger partial charge is 0.259 e. The summed E-state index contributed by atoms with van der Waals surface area (Å²) >= 11 is 0. The molecule has 0 saturated heterocycles. The number of benzene rings is 2. The second-order valence-corrected chi connectivity index (χ2v) is 6.23. The van der Waals surface area contributed by atoms with Gasteiger partial charge in [0, 0.05) is 11.3 Å². The molecule has 0 spiro atoms. The van der Waals surface area contributed by atoms with Gasteiger partial charge in [-0.25, -0.2) is 0 Å². The van der Waals surface area contributed by atoms with Gasteiger partial charge in [-0.1, -0.05) is 43.7 Å². The summed E-state index contributed by atoms with van der Waals surface area (Å²) in [6, 6.07) is 16.8. The summed E-state index contributed by atoms with van der Waals surface area (Å²) in [5.41, 5.74) is 0.756. The molecule has 124 valence electrons. The standard InChI is InChI=1S/C20H22N2O2/c1-3-4-14-21-20(2)18(23)16-12-8-9-13-17(16)22(19(20)24)15-10-6-5-7-11-15/h5-13,21H,3-4,14H2,1-2H3. The number of nitrogens with one attached hydrogen (secondary N) is 1. The molecule has 0 aromatic heterocycles. The Balaban J connectivity index is 2.10. The summed E-state index contributed by atoms with van der Waals surface area (Å²) in [5, 5.41) is 3.20. The summed E-state index contributed by atoms with van der Waals surface area (Å²) in [6.07, 6.45) is 1.92. The first kappa shape index (κ1) is 16.4. The first-order valence-electron chi connectivity index (χ1n) is 8.38. The van der Waals surface area contributed by atoms with Gasteiger partial charge in [-0.2, -0.15) is 0 Å². The minimum absolute atomic E-state index is 0.161. The Morgan fingerprint density at radius 3 is 2.38 bits per heavy atom. The van der Waals surface area contributed by atoms with Crippen LogP contribution in [0.3, 0.4) is 0 Å². The molecule has 0 fully saturated rings. The molecule has 2 aromatic rings. The third-order valence-corrected chi connectivity index (χ3v) is 4.50. The van der Waals surface area contributed by atoms with Crippen molar-refractivity contribution in [3.05, 3.63) is 60.2 Å². The van der Waals surface area contributed by atoms with Crippen molar-refractivity contribution in [2.45, 2.75) is 32.2 Å². The van der Waals surface area contributed by atoms with Crippen LogP contribution in [-0.2, 0) is 4.79 Å². The number of amides is 1. The molecule has 0 radical (unpaired) electrons. The molecule has 1 N–H and O–H groups in total. The summed E-state index contributed by atoms with van der Waals surface area (Å²) in [6.45, 7) is 4.41. The van der Waals surface area contributed by atoms with E-state index in [1.54, 1.807) is 17.9 Å². The van der Waals surface area contributed by atoms with Crippen molar-refractivity contribution in [2.24, 2.45) is 0 Å². The predicted octanol–water partition coefficient (Wildman–Crippen LogP) is 3.70. The van der Waals surface area contributed by atoms with Crippen LogP contribution in [0.2, 0.25) is 0 Å². The normalized spacial score (nSPS) is 20.2. The molecule has 0 saturated carbocycles. The molecule has 4 heteroatoms. The van der Waals surface area contributed by atoms with Crippen LogP contribution in [0, 0.1) is 0 Å². The van der Waals surface area contributed by atoms with Gasteiger partial charge in [0.05, 0.1) is 5.69 Å². The minimum Gasteiger partial charge on any atom is -0.297 e. The molecule has 1 unspecified atom stereocenters. The Bertz CT molecular complexity index is 757. The van der Waals surface area contributed by atoms with E-state index in [4.69, 9.17) is 0 Å². The average molecular weight is 322 g/mol. The Morgan fingerprint density at radius 1 is 1.00 bits per heavy atom. The number of ketones is 1. The number of hydrogen-bond acceptors (Lipinski definition) is 3. The number of nitrogens with zero attached hydrogens (tertiary/aromatic N) is 1. The number of carbonyl (C=O) groups excluding carboxylic acids is 2. The molecule has 2 aromatic carbocycles. The van der Waals surface area contributed by atoms with Gasteiger partial charge in [-0.15, -0.1) is 0 Å². The van der Waals surface area contributed by atoms with Crippen LogP contribution in [0.15, 0.2) is 54.6 Å².